The maximum absolute atomic E-state index is 12.6. The minimum atomic E-state index is -0.212. The van der Waals surface area contributed by atoms with Crippen molar-refractivity contribution >= 4 is 22.5 Å². The Kier molecular flexibility index (Phi) is 3.66. The summed E-state index contributed by atoms with van der Waals surface area (Å²) in [7, 11) is 0. The number of fused-ring (bicyclic) bond motifs is 1. The SMILES string of the molecule is Cc1ccc2c(=O)n(Cc3ccc(Cl)cc3)c(C#N)nc2c1. The number of nitrogens with zero attached hydrogens (tertiary/aromatic N) is 3. The molecule has 0 aliphatic carbocycles. The van der Waals surface area contributed by atoms with Gasteiger partial charge in [0.2, 0.25) is 5.82 Å². The van der Waals surface area contributed by atoms with E-state index in [0.29, 0.717) is 15.9 Å². The lowest BCUT2D eigenvalue weighted by molar-refractivity contribution is 0.733. The predicted octanol–water partition coefficient (Wildman–Crippen LogP) is 3.28. The van der Waals surface area contributed by atoms with Crippen LogP contribution < -0.4 is 5.56 Å². The highest BCUT2D eigenvalue weighted by Crippen LogP contribution is 2.13. The fourth-order valence-corrected chi connectivity index (χ4v) is 2.46. The highest BCUT2D eigenvalue weighted by Gasteiger charge is 2.11. The Morgan fingerprint density at radius 2 is 1.95 bits per heavy atom. The summed E-state index contributed by atoms with van der Waals surface area (Å²) in [5, 5.41) is 10.4. The lowest BCUT2D eigenvalue weighted by Crippen LogP contribution is -2.24. The zero-order chi connectivity index (χ0) is 15.7. The summed E-state index contributed by atoms with van der Waals surface area (Å²) in [6, 6.07) is 14.6. The van der Waals surface area contributed by atoms with Gasteiger partial charge in [0.25, 0.3) is 5.56 Å². The number of rotatable bonds is 2. The molecule has 0 unspecified atom stereocenters. The van der Waals surface area contributed by atoms with Crippen LogP contribution in [0.1, 0.15) is 17.0 Å². The molecule has 0 saturated carbocycles. The lowest BCUT2D eigenvalue weighted by atomic mass is 10.1. The van der Waals surface area contributed by atoms with Gasteiger partial charge in [0.1, 0.15) is 6.07 Å². The second-order valence-electron chi connectivity index (χ2n) is 5.09. The molecule has 0 spiro atoms. The molecule has 1 aromatic heterocycles. The molecule has 108 valence electrons. The van der Waals surface area contributed by atoms with E-state index in [2.05, 4.69) is 4.98 Å². The van der Waals surface area contributed by atoms with Crippen LogP contribution in [0.2, 0.25) is 5.02 Å². The third kappa shape index (κ3) is 2.59. The maximum atomic E-state index is 12.6. The van der Waals surface area contributed by atoms with Gasteiger partial charge in [0.05, 0.1) is 17.4 Å². The summed E-state index contributed by atoms with van der Waals surface area (Å²) in [5.74, 6) is 0.109. The van der Waals surface area contributed by atoms with E-state index in [1.165, 1.54) is 4.57 Å². The first-order valence-electron chi connectivity index (χ1n) is 6.74. The van der Waals surface area contributed by atoms with Crippen molar-refractivity contribution in [2.45, 2.75) is 13.5 Å². The minimum absolute atomic E-state index is 0.109. The largest absolute Gasteiger partial charge is 0.279 e. The van der Waals surface area contributed by atoms with Crippen LogP contribution in [0.4, 0.5) is 0 Å². The Morgan fingerprint density at radius 3 is 2.64 bits per heavy atom. The van der Waals surface area contributed by atoms with E-state index < -0.39 is 0 Å². The fourth-order valence-electron chi connectivity index (χ4n) is 2.34. The third-order valence-corrected chi connectivity index (χ3v) is 3.72. The Bertz CT molecular complexity index is 953. The van der Waals surface area contributed by atoms with Crippen LogP contribution >= 0.6 is 11.6 Å². The van der Waals surface area contributed by atoms with E-state index in [9.17, 15) is 10.1 Å². The van der Waals surface area contributed by atoms with Crippen LogP contribution in [0, 0.1) is 18.3 Å². The number of aryl methyl sites for hydroxylation is 1. The van der Waals surface area contributed by atoms with Crippen LogP contribution in [0.15, 0.2) is 47.3 Å². The molecule has 0 bridgehead atoms. The van der Waals surface area contributed by atoms with Crippen LogP contribution in [-0.2, 0) is 6.54 Å². The van der Waals surface area contributed by atoms with E-state index in [4.69, 9.17) is 11.6 Å². The van der Waals surface area contributed by atoms with Gasteiger partial charge in [-0.2, -0.15) is 5.26 Å². The number of hydrogen-bond acceptors (Lipinski definition) is 3. The Morgan fingerprint density at radius 1 is 1.23 bits per heavy atom. The summed E-state index contributed by atoms with van der Waals surface area (Å²) >= 11 is 5.86. The van der Waals surface area contributed by atoms with Crippen LogP contribution in [0.5, 0.6) is 0 Å². The van der Waals surface area contributed by atoms with Gasteiger partial charge in [0, 0.05) is 5.02 Å². The summed E-state index contributed by atoms with van der Waals surface area (Å²) in [6.07, 6.45) is 0. The van der Waals surface area contributed by atoms with Gasteiger partial charge in [-0.05, 0) is 42.3 Å². The average molecular weight is 310 g/mol. The molecule has 5 heteroatoms. The molecule has 3 aromatic rings. The Hall–Kier alpha value is -2.64. The summed E-state index contributed by atoms with van der Waals surface area (Å²) in [5.41, 5.74) is 2.22. The van der Waals surface area contributed by atoms with Crippen molar-refractivity contribution in [2.24, 2.45) is 0 Å². The normalized spacial score (nSPS) is 10.6. The van der Waals surface area contributed by atoms with Crippen molar-refractivity contribution in [3.8, 4) is 6.07 Å². The van der Waals surface area contributed by atoms with E-state index in [-0.39, 0.29) is 17.9 Å². The first-order valence-corrected chi connectivity index (χ1v) is 7.12. The number of hydrogen-bond donors (Lipinski definition) is 0. The van der Waals surface area contributed by atoms with Crippen LogP contribution in [0.25, 0.3) is 10.9 Å². The first-order chi connectivity index (χ1) is 10.6. The van der Waals surface area contributed by atoms with Crippen molar-refractivity contribution in [1.82, 2.24) is 9.55 Å². The second-order valence-corrected chi connectivity index (χ2v) is 5.52. The van der Waals surface area contributed by atoms with Gasteiger partial charge < -0.3 is 0 Å². The highest BCUT2D eigenvalue weighted by atomic mass is 35.5. The number of benzene rings is 2. The summed E-state index contributed by atoms with van der Waals surface area (Å²) in [6.45, 7) is 2.21. The molecule has 0 radical (unpaired) electrons. The fraction of sp³-hybridized carbons (Fsp3) is 0.118. The van der Waals surface area contributed by atoms with Crippen molar-refractivity contribution in [3.05, 3.63) is 74.8 Å². The maximum Gasteiger partial charge on any atom is 0.262 e. The van der Waals surface area contributed by atoms with Crippen molar-refractivity contribution < 1.29 is 0 Å². The predicted molar refractivity (Wildman–Crippen MR) is 86.0 cm³/mol. The number of halogens is 1. The van der Waals surface area contributed by atoms with Crippen molar-refractivity contribution in [1.29, 1.82) is 5.26 Å². The number of nitriles is 1. The first kappa shape index (κ1) is 14.3. The molecule has 0 aliphatic heterocycles. The quantitative estimate of drug-likeness (QED) is 0.730. The molecule has 0 N–H and O–H groups in total. The van der Waals surface area contributed by atoms with E-state index in [1.807, 2.05) is 37.3 Å². The topological polar surface area (TPSA) is 58.7 Å². The zero-order valence-corrected chi connectivity index (χ0v) is 12.6. The van der Waals surface area contributed by atoms with Gasteiger partial charge in [0.15, 0.2) is 0 Å². The minimum Gasteiger partial charge on any atom is -0.279 e. The second kappa shape index (κ2) is 5.63. The van der Waals surface area contributed by atoms with Gasteiger partial charge >= 0.3 is 0 Å². The average Bonchev–Trinajstić information content (AvgIpc) is 2.51. The lowest BCUT2D eigenvalue weighted by Gasteiger charge is -2.10. The van der Waals surface area contributed by atoms with Gasteiger partial charge in [-0.15, -0.1) is 0 Å². The molecule has 22 heavy (non-hydrogen) atoms. The molecule has 4 nitrogen and oxygen atoms in total. The van der Waals surface area contributed by atoms with Crippen LogP contribution in [-0.4, -0.2) is 9.55 Å². The van der Waals surface area contributed by atoms with Gasteiger partial charge in [-0.25, -0.2) is 4.98 Å². The van der Waals surface area contributed by atoms with Crippen LogP contribution in [0.3, 0.4) is 0 Å². The van der Waals surface area contributed by atoms with Crippen molar-refractivity contribution in [3.63, 3.8) is 0 Å². The molecule has 0 atom stereocenters. The molecule has 2 aromatic carbocycles. The number of aromatic nitrogens is 2. The zero-order valence-electron chi connectivity index (χ0n) is 11.9. The smallest absolute Gasteiger partial charge is 0.262 e. The van der Waals surface area contributed by atoms with E-state index in [0.717, 1.165) is 11.1 Å². The summed E-state index contributed by atoms with van der Waals surface area (Å²) < 4.78 is 1.39. The Labute approximate surface area is 132 Å². The molecule has 0 saturated heterocycles. The monoisotopic (exact) mass is 309 g/mol. The molecule has 3 rings (SSSR count). The van der Waals surface area contributed by atoms with Gasteiger partial charge in [-0.1, -0.05) is 29.8 Å². The summed E-state index contributed by atoms with van der Waals surface area (Å²) in [4.78, 5) is 16.9. The molecule has 1 heterocycles. The van der Waals surface area contributed by atoms with E-state index >= 15 is 0 Å². The highest BCUT2D eigenvalue weighted by molar-refractivity contribution is 6.30. The molecule has 0 fully saturated rings. The molecular weight excluding hydrogens is 298 g/mol. The Balaban J connectivity index is 2.18. The van der Waals surface area contributed by atoms with E-state index in [1.54, 1.807) is 18.2 Å². The molecule has 0 aliphatic rings. The van der Waals surface area contributed by atoms with Crippen molar-refractivity contribution in [2.75, 3.05) is 0 Å². The third-order valence-electron chi connectivity index (χ3n) is 3.46. The van der Waals surface area contributed by atoms with Gasteiger partial charge in [-0.3, -0.25) is 9.36 Å². The molecular formula is C17H12ClN3O. The standard InChI is InChI=1S/C17H12ClN3O/c1-11-2-7-14-15(8-11)20-16(9-19)21(17(14)22)10-12-3-5-13(18)6-4-12/h2-8H,10H2,1H3. The molecule has 0 amide bonds.